The van der Waals surface area contributed by atoms with Crippen molar-refractivity contribution in [1.82, 2.24) is 9.62 Å². The van der Waals surface area contributed by atoms with Crippen molar-refractivity contribution in [2.45, 2.75) is 17.9 Å². The molecular formula is C11H18ClF2N3O4S. The summed E-state index contributed by atoms with van der Waals surface area (Å²) < 4.78 is 55.6. The first-order chi connectivity index (χ1) is 9.51. The van der Waals surface area contributed by atoms with Crippen molar-refractivity contribution in [3.8, 4) is 0 Å². The van der Waals surface area contributed by atoms with Crippen LogP contribution in [0.15, 0.2) is 15.6 Å². The maximum atomic E-state index is 13.0. The first kappa shape index (κ1) is 20.8. The number of nitrogens with one attached hydrogen (secondary N) is 1. The van der Waals surface area contributed by atoms with Crippen LogP contribution >= 0.6 is 12.4 Å². The number of furan rings is 1. The Labute approximate surface area is 133 Å². The Kier molecular flexibility index (Phi) is 6.95. The van der Waals surface area contributed by atoms with Crippen molar-refractivity contribution >= 4 is 28.3 Å². The summed E-state index contributed by atoms with van der Waals surface area (Å²) in [6.45, 7) is -0.481. The Morgan fingerprint density at radius 3 is 2.45 bits per heavy atom. The Balaban J connectivity index is 0.00000441. The highest BCUT2D eigenvalue weighted by atomic mass is 35.5. The quantitative estimate of drug-likeness (QED) is 0.771. The molecule has 0 bridgehead atoms. The van der Waals surface area contributed by atoms with Crippen LogP contribution in [0.1, 0.15) is 16.1 Å². The molecule has 1 aromatic rings. The molecule has 0 aliphatic rings. The lowest BCUT2D eigenvalue weighted by atomic mass is 10.2. The van der Waals surface area contributed by atoms with Crippen LogP contribution in [0.2, 0.25) is 0 Å². The molecule has 0 aromatic carbocycles. The highest BCUT2D eigenvalue weighted by Crippen LogP contribution is 2.21. The molecular weight excluding hydrogens is 344 g/mol. The van der Waals surface area contributed by atoms with E-state index in [0.29, 0.717) is 0 Å². The maximum absolute atomic E-state index is 13.0. The summed E-state index contributed by atoms with van der Waals surface area (Å²) in [6.07, 6.45) is 0. The topological polar surface area (TPSA) is 106 Å². The van der Waals surface area contributed by atoms with E-state index in [0.717, 1.165) is 10.4 Å². The summed E-state index contributed by atoms with van der Waals surface area (Å²) >= 11 is 0. The summed E-state index contributed by atoms with van der Waals surface area (Å²) in [5.74, 6) is -4.07. The van der Waals surface area contributed by atoms with Gasteiger partial charge in [-0.3, -0.25) is 4.79 Å². The van der Waals surface area contributed by atoms with Crippen molar-refractivity contribution < 1.29 is 26.4 Å². The van der Waals surface area contributed by atoms with E-state index >= 15 is 0 Å². The van der Waals surface area contributed by atoms with Gasteiger partial charge in [0, 0.05) is 20.2 Å². The van der Waals surface area contributed by atoms with Gasteiger partial charge in [0.05, 0.1) is 18.7 Å². The van der Waals surface area contributed by atoms with Crippen molar-refractivity contribution in [3.63, 3.8) is 0 Å². The van der Waals surface area contributed by atoms with Gasteiger partial charge < -0.3 is 15.5 Å². The van der Waals surface area contributed by atoms with Crippen LogP contribution in [0.4, 0.5) is 8.78 Å². The number of sulfonamides is 1. The van der Waals surface area contributed by atoms with Gasteiger partial charge in [-0.2, -0.15) is 0 Å². The van der Waals surface area contributed by atoms with Gasteiger partial charge in [-0.25, -0.2) is 21.5 Å². The molecule has 1 heterocycles. The standard InChI is InChI=1S/C11H17F2N3O4S.ClH/c1-7-8(10(17)15-6-11(12,13)5-14)4-9(20-7)21(18,19)16(2)3;/h4H,5-6,14H2,1-3H3,(H,15,17);1H. The largest absolute Gasteiger partial charge is 0.448 e. The number of rotatable bonds is 6. The van der Waals surface area contributed by atoms with Gasteiger partial charge in [0.1, 0.15) is 5.76 Å². The number of carbonyl (C=O) groups is 1. The number of aryl methyl sites for hydroxylation is 1. The molecule has 0 atom stereocenters. The molecule has 0 spiro atoms. The van der Waals surface area contributed by atoms with Crippen LogP contribution in [-0.2, 0) is 10.0 Å². The van der Waals surface area contributed by atoms with E-state index in [9.17, 15) is 22.0 Å². The molecule has 1 aromatic heterocycles. The number of amides is 1. The third kappa shape index (κ3) is 4.63. The number of nitrogens with two attached hydrogens (primary N) is 1. The van der Waals surface area contributed by atoms with E-state index < -0.39 is 40.0 Å². The smallest absolute Gasteiger partial charge is 0.277 e. The highest BCUT2D eigenvalue weighted by molar-refractivity contribution is 7.88. The second kappa shape index (κ2) is 7.36. The third-order valence-corrected chi connectivity index (χ3v) is 4.35. The predicted octanol–water partition coefficient (Wildman–Crippen LogP) is 0.584. The van der Waals surface area contributed by atoms with Gasteiger partial charge in [-0.05, 0) is 6.92 Å². The summed E-state index contributed by atoms with van der Waals surface area (Å²) in [4.78, 5) is 11.8. The van der Waals surface area contributed by atoms with Crippen molar-refractivity contribution in [1.29, 1.82) is 0 Å². The first-order valence-electron chi connectivity index (χ1n) is 5.90. The van der Waals surface area contributed by atoms with Crippen LogP contribution in [0.25, 0.3) is 0 Å². The minimum absolute atomic E-state index is 0. The highest BCUT2D eigenvalue weighted by Gasteiger charge is 2.29. The molecule has 0 aliphatic heterocycles. The van der Waals surface area contributed by atoms with Crippen molar-refractivity contribution in [3.05, 3.63) is 17.4 Å². The van der Waals surface area contributed by atoms with E-state index in [1.165, 1.54) is 21.0 Å². The molecule has 3 N–H and O–H groups in total. The first-order valence-corrected chi connectivity index (χ1v) is 7.34. The molecule has 1 amide bonds. The number of carbonyl (C=O) groups excluding carboxylic acids is 1. The van der Waals surface area contributed by atoms with Crippen molar-refractivity contribution in [2.75, 3.05) is 27.2 Å². The fraction of sp³-hybridized carbons (Fsp3) is 0.545. The second-order valence-corrected chi connectivity index (χ2v) is 6.65. The molecule has 0 saturated carbocycles. The maximum Gasteiger partial charge on any atom is 0.277 e. The van der Waals surface area contributed by atoms with E-state index in [1.807, 2.05) is 5.32 Å². The number of halogens is 3. The van der Waals surface area contributed by atoms with Gasteiger partial charge in [-0.1, -0.05) is 0 Å². The van der Waals surface area contributed by atoms with E-state index in [-0.39, 0.29) is 23.7 Å². The van der Waals surface area contributed by atoms with Crippen molar-refractivity contribution in [2.24, 2.45) is 5.73 Å². The lowest BCUT2D eigenvalue weighted by Crippen LogP contribution is -2.41. The minimum Gasteiger partial charge on any atom is -0.448 e. The lowest BCUT2D eigenvalue weighted by molar-refractivity contribution is 0.0118. The molecule has 0 radical (unpaired) electrons. The Hall–Kier alpha value is -1.23. The fourth-order valence-corrected chi connectivity index (χ4v) is 2.22. The summed E-state index contributed by atoms with van der Waals surface area (Å²) in [5.41, 5.74) is 4.73. The van der Waals surface area contributed by atoms with E-state index in [2.05, 4.69) is 0 Å². The summed E-state index contributed by atoms with van der Waals surface area (Å²) in [5, 5.41) is 1.56. The number of hydrogen-bond acceptors (Lipinski definition) is 5. The van der Waals surface area contributed by atoms with Gasteiger partial charge >= 0.3 is 0 Å². The zero-order valence-electron chi connectivity index (χ0n) is 12.2. The molecule has 0 unspecified atom stereocenters. The molecule has 0 saturated heterocycles. The van der Waals surface area contributed by atoms with E-state index in [1.54, 1.807) is 0 Å². The predicted molar refractivity (Wildman–Crippen MR) is 77.9 cm³/mol. The molecule has 128 valence electrons. The van der Waals surface area contributed by atoms with Crippen LogP contribution in [-0.4, -0.2) is 51.7 Å². The Morgan fingerprint density at radius 1 is 1.45 bits per heavy atom. The van der Waals surface area contributed by atoms with Crippen LogP contribution < -0.4 is 11.1 Å². The second-order valence-electron chi connectivity index (χ2n) is 4.57. The Bertz CT molecular complexity index is 631. The Morgan fingerprint density at radius 2 is 2.00 bits per heavy atom. The van der Waals surface area contributed by atoms with Gasteiger partial charge in [-0.15, -0.1) is 12.4 Å². The molecule has 0 fully saturated rings. The number of nitrogens with zero attached hydrogens (tertiary/aromatic N) is 1. The molecule has 7 nitrogen and oxygen atoms in total. The number of hydrogen-bond donors (Lipinski definition) is 2. The summed E-state index contributed by atoms with van der Waals surface area (Å²) in [7, 11) is -1.24. The normalized spacial score (nSPS) is 12.1. The average molecular weight is 362 g/mol. The molecule has 22 heavy (non-hydrogen) atoms. The summed E-state index contributed by atoms with van der Waals surface area (Å²) in [6, 6.07) is 1.00. The fourth-order valence-electron chi connectivity index (χ4n) is 1.36. The molecule has 1 rings (SSSR count). The van der Waals surface area contributed by atoms with Crippen LogP contribution in [0.3, 0.4) is 0 Å². The minimum atomic E-state index is -3.84. The third-order valence-electron chi connectivity index (χ3n) is 2.68. The van der Waals surface area contributed by atoms with Gasteiger partial charge in [0.2, 0.25) is 5.09 Å². The zero-order chi connectivity index (χ0) is 16.4. The van der Waals surface area contributed by atoms with Gasteiger partial charge in [0.25, 0.3) is 21.9 Å². The van der Waals surface area contributed by atoms with Crippen LogP contribution in [0, 0.1) is 6.92 Å². The SMILES string of the molecule is Cc1oc(S(=O)(=O)N(C)C)cc1C(=O)NCC(F)(F)CN.Cl. The molecule has 11 heteroatoms. The lowest BCUT2D eigenvalue weighted by Gasteiger charge is -2.14. The average Bonchev–Trinajstić information content (AvgIpc) is 2.78. The van der Waals surface area contributed by atoms with E-state index in [4.69, 9.17) is 10.2 Å². The molecule has 0 aliphatic carbocycles. The van der Waals surface area contributed by atoms with Gasteiger partial charge in [0.15, 0.2) is 0 Å². The van der Waals surface area contributed by atoms with Crippen LogP contribution in [0.5, 0.6) is 0 Å². The number of alkyl halides is 2. The monoisotopic (exact) mass is 361 g/mol. The zero-order valence-corrected chi connectivity index (χ0v) is 13.9.